The van der Waals surface area contributed by atoms with Crippen molar-refractivity contribution in [3.8, 4) is 11.5 Å². The van der Waals surface area contributed by atoms with Crippen LogP contribution in [0.15, 0.2) is 48.5 Å². The Hall–Kier alpha value is -1.91. The van der Waals surface area contributed by atoms with Gasteiger partial charge in [0.2, 0.25) is 0 Å². The van der Waals surface area contributed by atoms with Crippen LogP contribution in [0.5, 0.6) is 11.5 Å². The van der Waals surface area contributed by atoms with Crippen LogP contribution in [0.2, 0.25) is 0 Å². The zero-order valence-electron chi connectivity index (χ0n) is 10.3. The summed E-state index contributed by atoms with van der Waals surface area (Å²) in [5, 5.41) is 0. The summed E-state index contributed by atoms with van der Waals surface area (Å²) in [7, 11) is 0. The molecule has 0 spiro atoms. The summed E-state index contributed by atoms with van der Waals surface area (Å²) in [6.45, 7) is 0.664. The fourth-order valence-corrected chi connectivity index (χ4v) is 2.06. The van der Waals surface area contributed by atoms with E-state index in [0.29, 0.717) is 12.4 Å². The maximum atomic E-state index is 13.8. The summed E-state index contributed by atoms with van der Waals surface area (Å²) in [5.41, 5.74) is 3.87. The van der Waals surface area contributed by atoms with Crippen molar-refractivity contribution in [3.63, 3.8) is 0 Å². The highest BCUT2D eigenvalue weighted by molar-refractivity contribution is 5.36. The minimum Gasteiger partial charge on any atom is -0.454 e. The molecule has 1 N–H and O–H groups in total. The van der Waals surface area contributed by atoms with Gasteiger partial charge in [-0.25, -0.2) is 4.39 Å². The first-order valence-corrected chi connectivity index (χ1v) is 6.22. The molecular formula is C15H14FNO2. The van der Waals surface area contributed by atoms with Crippen LogP contribution in [-0.2, 0) is 4.84 Å². The van der Waals surface area contributed by atoms with Crippen molar-refractivity contribution in [1.29, 1.82) is 0 Å². The molecule has 1 aliphatic heterocycles. The Balaban J connectivity index is 1.85. The molecule has 0 amide bonds. The van der Waals surface area contributed by atoms with E-state index in [1.807, 2.05) is 18.2 Å². The summed E-state index contributed by atoms with van der Waals surface area (Å²) < 4.78 is 19.3. The maximum absolute atomic E-state index is 13.8. The lowest BCUT2D eigenvalue weighted by molar-refractivity contribution is 0.0882. The topological polar surface area (TPSA) is 30.5 Å². The summed E-state index contributed by atoms with van der Waals surface area (Å²) in [4.78, 5) is 5.12. The van der Waals surface area contributed by atoms with Crippen LogP contribution in [0, 0.1) is 5.82 Å². The summed E-state index contributed by atoms with van der Waals surface area (Å²) in [6, 6.07) is 14.2. The Morgan fingerprint density at radius 1 is 1.16 bits per heavy atom. The number of hydroxylamine groups is 1. The van der Waals surface area contributed by atoms with Crippen molar-refractivity contribution in [2.45, 2.75) is 12.5 Å². The van der Waals surface area contributed by atoms with Gasteiger partial charge < -0.3 is 9.57 Å². The van der Waals surface area contributed by atoms with E-state index in [-0.39, 0.29) is 17.6 Å². The van der Waals surface area contributed by atoms with Crippen molar-refractivity contribution in [1.82, 2.24) is 5.48 Å². The molecule has 0 radical (unpaired) electrons. The molecule has 3 rings (SSSR count). The van der Waals surface area contributed by atoms with E-state index >= 15 is 0 Å². The second-order valence-corrected chi connectivity index (χ2v) is 4.41. The molecule has 1 aliphatic rings. The van der Waals surface area contributed by atoms with Crippen molar-refractivity contribution in [2.75, 3.05) is 6.61 Å². The van der Waals surface area contributed by atoms with Crippen LogP contribution >= 0.6 is 0 Å². The third kappa shape index (κ3) is 2.75. The van der Waals surface area contributed by atoms with Crippen LogP contribution in [0.4, 0.5) is 4.39 Å². The minimum absolute atomic E-state index is 0.0960. The van der Waals surface area contributed by atoms with Gasteiger partial charge in [0.05, 0.1) is 12.6 Å². The lowest BCUT2D eigenvalue weighted by Gasteiger charge is -2.12. The SMILES string of the molecule is Fc1ccc([C@H]2CCON2)cc1Oc1ccccc1. The summed E-state index contributed by atoms with van der Waals surface area (Å²) >= 11 is 0. The molecule has 1 heterocycles. The van der Waals surface area contributed by atoms with Gasteiger partial charge in [0.1, 0.15) is 5.75 Å². The van der Waals surface area contributed by atoms with Crippen LogP contribution in [-0.4, -0.2) is 6.61 Å². The van der Waals surface area contributed by atoms with E-state index in [1.165, 1.54) is 6.07 Å². The number of benzene rings is 2. The van der Waals surface area contributed by atoms with Crippen LogP contribution in [0.3, 0.4) is 0 Å². The molecular weight excluding hydrogens is 245 g/mol. The fourth-order valence-electron chi connectivity index (χ4n) is 2.06. The van der Waals surface area contributed by atoms with E-state index in [9.17, 15) is 4.39 Å². The van der Waals surface area contributed by atoms with E-state index in [1.54, 1.807) is 24.3 Å². The molecule has 98 valence electrons. The molecule has 0 bridgehead atoms. The maximum Gasteiger partial charge on any atom is 0.165 e. The van der Waals surface area contributed by atoms with Gasteiger partial charge in [-0.3, -0.25) is 0 Å². The molecule has 0 aromatic heterocycles. The average molecular weight is 259 g/mol. The molecule has 4 heteroatoms. The Bertz CT molecular complexity index is 553. The molecule has 0 aliphatic carbocycles. The smallest absolute Gasteiger partial charge is 0.165 e. The van der Waals surface area contributed by atoms with Crippen molar-refractivity contribution < 1.29 is 14.0 Å². The van der Waals surface area contributed by atoms with Crippen molar-refractivity contribution >= 4 is 0 Å². The Labute approximate surface area is 110 Å². The minimum atomic E-state index is -0.369. The molecule has 1 saturated heterocycles. The molecule has 2 aromatic carbocycles. The number of hydrogen-bond donors (Lipinski definition) is 1. The van der Waals surface area contributed by atoms with Gasteiger partial charge in [-0.2, -0.15) is 5.48 Å². The Kier molecular flexibility index (Phi) is 3.44. The van der Waals surface area contributed by atoms with E-state index < -0.39 is 0 Å². The van der Waals surface area contributed by atoms with Crippen LogP contribution in [0.25, 0.3) is 0 Å². The van der Waals surface area contributed by atoms with Gasteiger partial charge in [-0.15, -0.1) is 0 Å². The lowest BCUT2D eigenvalue weighted by atomic mass is 10.1. The first-order valence-electron chi connectivity index (χ1n) is 6.22. The second-order valence-electron chi connectivity index (χ2n) is 4.41. The van der Waals surface area contributed by atoms with E-state index in [4.69, 9.17) is 9.57 Å². The number of halogens is 1. The zero-order valence-corrected chi connectivity index (χ0v) is 10.3. The average Bonchev–Trinajstić information content (AvgIpc) is 2.96. The van der Waals surface area contributed by atoms with Crippen molar-refractivity contribution in [3.05, 3.63) is 59.9 Å². The number of hydrogen-bond acceptors (Lipinski definition) is 3. The first kappa shape index (κ1) is 12.1. The number of rotatable bonds is 3. The quantitative estimate of drug-likeness (QED) is 0.913. The predicted molar refractivity (Wildman–Crippen MR) is 69.4 cm³/mol. The normalized spacial score (nSPS) is 18.5. The number of nitrogens with one attached hydrogen (secondary N) is 1. The van der Waals surface area contributed by atoms with Gasteiger partial charge in [0, 0.05) is 0 Å². The van der Waals surface area contributed by atoms with Gasteiger partial charge in [0.15, 0.2) is 11.6 Å². The Morgan fingerprint density at radius 3 is 2.74 bits per heavy atom. The number of para-hydroxylation sites is 1. The van der Waals surface area contributed by atoms with Gasteiger partial charge in [-0.05, 0) is 36.2 Å². The highest BCUT2D eigenvalue weighted by Gasteiger charge is 2.19. The lowest BCUT2D eigenvalue weighted by Crippen LogP contribution is -2.11. The largest absolute Gasteiger partial charge is 0.454 e. The monoisotopic (exact) mass is 259 g/mol. The van der Waals surface area contributed by atoms with Crippen LogP contribution < -0.4 is 10.2 Å². The molecule has 0 unspecified atom stereocenters. The second kappa shape index (κ2) is 5.38. The van der Waals surface area contributed by atoms with E-state index in [0.717, 1.165) is 12.0 Å². The van der Waals surface area contributed by atoms with Gasteiger partial charge in [0.25, 0.3) is 0 Å². The molecule has 3 nitrogen and oxygen atoms in total. The third-order valence-corrected chi connectivity index (χ3v) is 3.06. The van der Waals surface area contributed by atoms with Crippen molar-refractivity contribution in [2.24, 2.45) is 0 Å². The standard InChI is InChI=1S/C15H14FNO2/c16-13-7-6-11(14-8-9-18-17-14)10-15(13)19-12-4-2-1-3-5-12/h1-7,10,14,17H,8-9H2/t14-/m1/s1. The number of ether oxygens (including phenoxy) is 1. The molecule has 19 heavy (non-hydrogen) atoms. The predicted octanol–water partition coefficient (Wildman–Crippen LogP) is 3.58. The van der Waals surface area contributed by atoms with Gasteiger partial charge in [-0.1, -0.05) is 24.3 Å². The summed E-state index contributed by atoms with van der Waals surface area (Å²) in [6.07, 6.45) is 0.871. The van der Waals surface area contributed by atoms with E-state index in [2.05, 4.69) is 5.48 Å². The highest BCUT2D eigenvalue weighted by atomic mass is 19.1. The molecule has 1 atom stereocenters. The summed E-state index contributed by atoms with van der Waals surface area (Å²) in [5.74, 6) is 0.484. The van der Waals surface area contributed by atoms with Crippen LogP contribution in [0.1, 0.15) is 18.0 Å². The first-order chi connectivity index (χ1) is 9.33. The fraction of sp³-hybridized carbons (Fsp3) is 0.200. The highest BCUT2D eigenvalue weighted by Crippen LogP contribution is 2.29. The molecule has 2 aromatic rings. The zero-order chi connectivity index (χ0) is 13.1. The third-order valence-electron chi connectivity index (χ3n) is 3.06. The van der Waals surface area contributed by atoms with Gasteiger partial charge >= 0.3 is 0 Å². The molecule has 0 saturated carbocycles. The molecule has 1 fully saturated rings. The Morgan fingerprint density at radius 2 is 2.00 bits per heavy atom.